The molecule has 7 heteroatoms. The Hall–Kier alpha value is -2.77. The van der Waals surface area contributed by atoms with Gasteiger partial charge in [-0.3, -0.25) is 9.10 Å². The number of carbonyl (C=O) groups excluding carboxylic acids is 1. The molecule has 0 spiro atoms. The zero-order valence-corrected chi connectivity index (χ0v) is 19.1. The van der Waals surface area contributed by atoms with Crippen LogP contribution in [0.1, 0.15) is 27.9 Å². The highest BCUT2D eigenvalue weighted by Gasteiger charge is 2.29. The second kappa shape index (κ2) is 8.77. The molecular weight excluding hydrogens is 428 g/mol. The first-order valence-corrected chi connectivity index (χ1v) is 12.7. The molecule has 0 aromatic heterocycles. The Kier molecular flexibility index (Phi) is 6.07. The fourth-order valence-electron chi connectivity index (χ4n) is 3.73. The Labute approximate surface area is 187 Å². The lowest BCUT2D eigenvalue weighted by molar-refractivity contribution is 0.102. The molecule has 0 atom stereocenters. The Morgan fingerprint density at radius 3 is 2.52 bits per heavy atom. The third-order valence-corrected chi connectivity index (χ3v) is 8.01. The summed E-state index contributed by atoms with van der Waals surface area (Å²) in [5.74, 6) is -0.206. The first-order valence-electron chi connectivity index (χ1n) is 10.1. The van der Waals surface area contributed by atoms with E-state index in [1.54, 1.807) is 48.2 Å². The molecule has 0 saturated heterocycles. The molecule has 0 aliphatic carbocycles. The molecule has 0 fully saturated rings. The van der Waals surface area contributed by atoms with Crippen LogP contribution in [-0.4, -0.2) is 27.1 Å². The number of fused-ring (bicyclic) bond motifs is 1. The Balaban J connectivity index is 1.63. The quantitative estimate of drug-likeness (QED) is 0.546. The number of benzene rings is 3. The van der Waals surface area contributed by atoms with Crippen molar-refractivity contribution in [1.29, 1.82) is 0 Å². The molecule has 160 valence electrons. The highest BCUT2D eigenvalue weighted by molar-refractivity contribution is 7.98. The van der Waals surface area contributed by atoms with Gasteiger partial charge in [-0.25, -0.2) is 8.42 Å². The van der Waals surface area contributed by atoms with E-state index in [4.69, 9.17) is 0 Å². The highest BCUT2D eigenvalue weighted by Crippen LogP contribution is 2.33. The van der Waals surface area contributed by atoms with Crippen molar-refractivity contribution in [2.24, 2.45) is 0 Å². The van der Waals surface area contributed by atoms with E-state index in [1.165, 1.54) is 4.31 Å². The van der Waals surface area contributed by atoms with Crippen LogP contribution in [0, 0.1) is 6.92 Å². The van der Waals surface area contributed by atoms with Crippen molar-refractivity contribution in [2.45, 2.75) is 29.6 Å². The van der Waals surface area contributed by atoms with Crippen molar-refractivity contribution in [2.75, 3.05) is 22.4 Å². The first kappa shape index (κ1) is 21.5. The number of hydrogen-bond acceptors (Lipinski definition) is 4. The minimum atomic E-state index is -3.65. The van der Waals surface area contributed by atoms with Gasteiger partial charge in [0.2, 0.25) is 0 Å². The SMILES string of the molecule is CSc1ccccc1NC(=O)c1ccc2c(c1)CCCN2S(=O)(=O)c1ccc(C)cc1. The molecule has 1 aliphatic heterocycles. The molecule has 1 N–H and O–H groups in total. The zero-order chi connectivity index (χ0) is 22.0. The summed E-state index contributed by atoms with van der Waals surface area (Å²) in [6.45, 7) is 2.35. The molecule has 0 radical (unpaired) electrons. The maximum absolute atomic E-state index is 13.2. The Morgan fingerprint density at radius 2 is 1.77 bits per heavy atom. The lowest BCUT2D eigenvalue weighted by Gasteiger charge is -2.30. The van der Waals surface area contributed by atoms with Crippen LogP contribution in [0.2, 0.25) is 0 Å². The number of thioether (sulfide) groups is 1. The smallest absolute Gasteiger partial charge is 0.264 e. The van der Waals surface area contributed by atoms with Gasteiger partial charge in [-0.05, 0) is 74.0 Å². The second-order valence-electron chi connectivity index (χ2n) is 7.49. The number of sulfonamides is 1. The number of carbonyl (C=O) groups is 1. The summed E-state index contributed by atoms with van der Waals surface area (Å²) in [6.07, 6.45) is 3.41. The number of nitrogens with one attached hydrogen (secondary N) is 1. The fraction of sp³-hybridized carbons (Fsp3) is 0.208. The van der Waals surface area contributed by atoms with Crippen molar-refractivity contribution in [1.82, 2.24) is 0 Å². The van der Waals surface area contributed by atoms with E-state index in [2.05, 4.69) is 5.32 Å². The van der Waals surface area contributed by atoms with E-state index in [0.717, 1.165) is 28.1 Å². The van der Waals surface area contributed by atoms with Gasteiger partial charge < -0.3 is 5.32 Å². The summed E-state index contributed by atoms with van der Waals surface area (Å²) < 4.78 is 27.9. The van der Waals surface area contributed by atoms with Crippen LogP contribution in [0.15, 0.2) is 76.5 Å². The number of hydrogen-bond donors (Lipinski definition) is 1. The highest BCUT2D eigenvalue weighted by atomic mass is 32.2. The summed E-state index contributed by atoms with van der Waals surface area (Å²) in [7, 11) is -3.65. The molecule has 0 bridgehead atoms. The van der Waals surface area contributed by atoms with E-state index >= 15 is 0 Å². The molecule has 1 amide bonds. The maximum atomic E-state index is 13.2. The molecule has 1 heterocycles. The molecule has 5 nitrogen and oxygen atoms in total. The van der Waals surface area contributed by atoms with Gasteiger partial charge in [0, 0.05) is 17.0 Å². The van der Waals surface area contributed by atoms with Gasteiger partial charge in [-0.15, -0.1) is 11.8 Å². The van der Waals surface area contributed by atoms with Crippen molar-refractivity contribution < 1.29 is 13.2 Å². The standard InChI is InChI=1S/C24H24N2O3S2/c1-17-9-12-20(13-10-17)31(28,29)26-15-5-6-18-16-19(11-14-22(18)26)24(27)25-21-7-3-4-8-23(21)30-2/h3-4,7-14,16H,5-6,15H2,1-2H3,(H,25,27). The van der Waals surface area contributed by atoms with Crippen molar-refractivity contribution in [3.8, 4) is 0 Å². The molecule has 3 aromatic rings. The lowest BCUT2D eigenvalue weighted by Crippen LogP contribution is -2.35. The van der Waals surface area contributed by atoms with Crippen LogP contribution >= 0.6 is 11.8 Å². The van der Waals surface area contributed by atoms with Gasteiger partial charge >= 0.3 is 0 Å². The summed E-state index contributed by atoms with van der Waals surface area (Å²) in [4.78, 5) is 14.1. The van der Waals surface area contributed by atoms with Crippen LogP contribution in [0.5, 0.6) is 0 Å². The van der Waals surface area contributed by atoms with Gasteiger partial charge in [0.25, 0.3) is 15.9 Å². The van der Waals surface area contributed by atoms with Gasteiger partial charge in [-0.1, -0.05) is 29.8 Å². The van der Waals surface area contributed by atoms with Crippen LogP contribution in [0.3, 0.4) is 0 Å². The topological polar surface area (TPSA) is 66.5 Å². The zero-order valence-electron chi connectivity index (χ0n) is 17.5. The molecule has 1 aliphatic rings. The number of nitrogens with zero attached hydrogens (tertiary/aromatic N) is 1. The predicted molar refractivity (Wildman–Crippen MR) is 127 cm³/mol. The van der Waals surface area contributed by atoms with E-state index in [9.17, 15) is 13.2 Å². The maximum Gasteiger partial charge on any atom is 0.264 e. The molecule has 0 saturated carbocycles. The van der Waals surface area contributed by atoms with E-state index in [1.807, 2.05) is 43.5 Å². The van der Waals surface area contributed by atoms with Crippen molar-refractivity contribution >= 4 is 39.1 Å². The average Bonchev–Trinajstić information content (AvgIpc) is 2.79. The van der Waals surface area contributed by atoms with E-state index in [0.29, 0.717) is 24.2 Å². The van der Waals surface area contributed by atoms with Gasteiger partial charge in [0.1, 0.15) is 0 Å². The van der Waals surface area contributed by atoms with Crippen LogP contribution in [0.4, 0.5) is 11.4 Å². The number of para-hydroxylation sites is 1. The third-order valence-electron chi connectivity index (χ3n) is 5.38. The number of anilines is 2. The van der Waals surface area contributed by atoms with Gasteiger partial charge in [0.15, 0.2) is 0 Å². The second-order valence-corrected chi connectivity index (χ2v) is 10.2. The fourth-order valence-corrected chi connectivity index (χ4v) is 5.83. The van der Waals surface area contributed by atoms with E-state index < -0.39 is 10.0 Å². The first-order chi connectivity index (χ1) is 14.9. The van der Waals surface area contributed by atoms with Crippen LogP contribution in [-0.2, 0) is 16.4 Å². The molecule has 31 heavy (non-hydrogen) atoms. The molecular formula is C24H24N2O3S2. The number of amides is 1. The summed E-state index contributed by atoms with van der Waals surface area (Å²) in [6, 6.07) is 19.8. The summed E-state index contributed by atoms with van der Waals surface area (Å²) in [5, 5.41) is 2.97. The minimum Gasteiger partial charge on any atom is -0.321 e. The third kappa shape index (κ3) is 4.34. The lowest BCUT2D eigenvalue weighted by atomic mass is 10.0. The van der Waals surface area contributed by atoms with Gasteiger partial charge in [-0.2, -0.15) is 0 Å². The van der Waals surface area contributed by atoms with E-state index in [-0.39, 0.29) is 10.8 Å². The monoisotopic (exact) mass is 452 g/mol. The molecule has 0 unspecified atom stereocenters. The largest absolute Gasteiger partial charge is 0.321 e. The summed E-state index contributed by atoms with van der Waals surface area (Å²) in [5.41, 5.74) is 3.81. The van der Waals surface area contributed by atoms with Gasteiger partial charge in [0.05, 0.1) is 16.3 Å². The minimum absolute atomic E-state index is 0.206. The molecule has 3 aromatic carbocycles. The Bertz CT molecular complexity index is 1220. The predicted octanol–water partition coefficient (Wildman–Crippen LogP) is 5.11. The Morgan fingerprint density at radius 1 is 1.03 bits per heavy atom. The summed E-state index contributed by atoms with van der Waals surface area (Å²) >= 11 is 1.57. The molecule has 4 rings (SSSR count). The van der Waals surface area contributed by atoms with Crippen molar-refractivity contribution in [3.05, 3.63) is 83.4 Å². The number of rotatable bonds is 5. The average molecular weight is 453 g/mol. The van der Waals surface area contributed by atoms with Crippen molar-refractivity contribution in [3.63, 3.8) is 0 Å². The van der Waals surface area contributed by atoms with Crippen LogP contribution in [0.25, 0.3) is 0 Å². The normalized spacial score (nSPS) is 13.5. The van der Waals surface area contributed by atoms with Crippen LogP contribution < -0.4 is 9.62 Å². The number of aryl methyl sites for hydroxylation is 2.